The summed E-state index contributed by atoms with van der Waals surface area (Å²) in [6.45, 7) is 1.94. The maximum atomic E-state index is 10.0. The molecule has 0 saturated carbocycles. The third-order valence-corrected chi connectivity index (χ3v) is 1.25. The van der Waals surface area contributed by atoms with Gasteiger partial charge >= 0.3 is 5.97 Å². The van der Waals surface area contributed by atoms with Crippen molar-refractivity contribution in [3.05, 3.63) is 12.2 Å². The topological polar surface area (TPSA) is 63.3 Å². The highest BCUT2D eigenvalue weighted by atomic mass is 16.4. The quantitative estimate of drug-likeness (QED) is 0.588. The van der Waals surface area contributed by atoms with Crippen LogP contribution in [0.3, 0.4) is 0 Å². The van der Waals surface area contributed by atoms with Gasteiger partial charge in [-0.1, -0.05) is 12.2 Å². The second-order valence-electron chi connectivity index (χ2n) is 2.62. The average molecular weight is 157 g/mol. The maximum Gasteiger partial charge on any atom is 0.307 e. The van der Waals surface area contributed by atoms with Gasteiger partial charge in [-0.2, -0.15) is 0 Å². The number of allylic oxidation sites excluding steroid dienone is 1. The van der Waals surface area contributed by atoms with Crippen molar-refractivity contribution >= 4 is 5.97 Å². The zero-order valence-corrected chi connectivity index (χ0v) is 6.79. The lowest BCUT2D eigenvalue weighted by Crippen LogP contribution is -2.13. The van der Waals surface area contributed by atoms with E-state index in [0.29, 0.717) is 0 Å². The number of carbonyl (C=O) groups is 1. The van der Waals surface area contributed by atoms with E-state index < -0.39 is 5.97 Å². The number of carboxylic acids is 1. The molecule has 1 unspecified atom stereocenters. The summed E-state index contributed by atoms with van der Waals surface area (Å²) in [6, 6.07) is 0.199. The zero-order chi connectivity index (χ0) is 8.69. The summed E-state index contributed by atoms with van der Waals surface area (Å²) in [5.74, 6) is -0.790. The van der Waals surface area contributed by atoms with Crippen molar-refractivity contribution in [1.82, 2.24) is 0 Å². The fraction of sp³-hybridized carbons (Fsp3) is 0.625. The fourth-order valence-corrected chi connectivity index (χ4v) is 0.661. The summed E-state index contributed by atoms with van der Waals surface area (Å²) in [6.07, 6.45) is 5.40. The van der Waals surface area contributed by atoms with E-state index in [9.17, 15) is 4.79 Å². The third kappa shape index (κ3) is 9.17. The Morgan fingerprint density at radius 3 is 2.73 bits per heavy atom. The number of hydrogen-bond donors (Lipinski definition) is 2. The van der Waals surface area contributed by atoms with Crippen LogP contribution in [0.2, 0.25) is 0 Å². The molecule has 0 bridgehead atoms. The molecule has 0 fully saturated rings. The predicted octanol–water partition coefficient (Wildman–Crippen LogP) is 1.14. The minimum absolute atomic E-state index is 0.110. The summed E-state index contributed by atoms with van der Waals surface area (Å²) >= 11 is 0. The van der Waals surface area contributed by atoms with Gasteiger partial charge in [0.05, 0.1) is 6.42 Å². The molecule has 11 heavy (non-hydrogen) atoms. The number of aliphatic carboxylic acids is 1. The molecule has 0 aromatic rings. The molecule has 0 saturated heterocycles. The van der Waals surface area contributed by atoms with Crippen molar-refractivity contribution in [3.63, 3.8) is 0 Å². The Morgan fingerprint density at radius 1 is 1.64 bits per heavy atom. The highest BCUT2D eigenvalue weighted by molar-refractivity contribution is 5.68. The van der Waals surface area contributed by atoms with Crippen LogP contribution in [0.25, 0.3) is 0 Å². The Labute approximate surface area is 66.9 Å². The van der Waals surface area contributed by atoms with Gasteiger partial charge in [-0.15, -0.1) is 0 Å². The van der Waals surface area contributed by atoms with Gasteiger partial charge in [-0.3, -0.25) is 4.79 Å². The first-order chi connectivity index (χ1) is 5.13. The van der Waals surface area contributed by atoms with Crippen LogP contribution in [0.1, 0.15) is 26.2 Å². The van der Waals surface area contributed by atoms with Crippen molar-refractivity contribution in [1.29, 1.82) is 0 Å². The van der Waals surface area contributed by atoms with Gasteiger partial charge in [-0.05, 0) is 19.8 Å². The van der Waals surface area contributed by atoms with Gasteiger partial charge in [0, 0.05) is 6.04 Å². The number of hydrogen-bond acceptors (Lipinski definition) is 2. The van der Waals surface area contributed by atoms with E-state index in [4.69, 9.17) is 10.8 Å². The Kier molecular flexibility index (Phi) is 5.47. The molecule has 0 aliphatic rings. The molecule has 0 radical (unpaired) electrons. The van der Waals surface area contributed by atoms with Crippen LogP contribution in [0.4, 0.5) is 0 Å². The molecular formula is C8H15NO2. The zero-order valence-electron chi connectivity index (χ0n) is 6.79. The number of nitrogens with two attached hydrogens (primary N) is 1. The SMILES string of the molecule is CC(N)CCC=CCC(=O)O. The van der Waals surface area contributed by atoms with Crippen LogP contribution in [-0.2, 0) is 4.79 Å². The van der Waals surface area contributed by atoms with E-state index in [2.05, 4.69) is 0 Å². The first-order valence-corrected chi connectivity index (χ1v) is 3.75. The molecule has 0 amide bonds. The molecule has 64 valence electrons. The summed E-state index contributed by atoms with van der Waals surface area (Å²) < 4.78 is 0. The van der Waals surface area contributed by atoms with Gasteiger partial charge in [0.2, 0.25) is 0 Å². The monoisotopic (exact) mass is 157 g/mol. The molecule has 0 aromatic heterocycles. The van der Waals surface area contributed by atoms with E-state index >= 15 is 0 Å². The molecule has 0 spiro atoms. The fourth-order valence-electron chi connectivity index (χ4n) is 0.661. The molecule has 3 heteroatoms. The second-order valence-corrected chi connectivity index (χ2v) is 2.62. The smallest absolute Gasteiger partial charge is 0.307 e. The van der Waals surface area contributed by atoms with Gasteiger partial charge in [-0.25, -0.2) is 0 Å². The average Bonchev–Trinajstić information content (AvgIpc) is 1.85. The van der Waals surface area contributed by atoms with Gasteiger partial charge in [0.1, 0.15) is 0 Å². The van der Waals surface area contributed by atoms with Crippen molar-refractivity contribution in [2.45, 2.75) is 32.2 Å². The Balaban J connectivity index is 3.23. The summed E-state index contributed by atoms with van der Waals surface area (Å²) in [5.41, 5.74) is 5.48. The van der Waals surface area contributed by atoms with E-state index in [1.807, 2.05) is 13.0 Å². The van der Waals surface area contributed by atoms with Crippen LogP contribution in [0, 0.1) is 0 Å². The number of carboxylic acid groups (broad SMARTS) is 1. The molecule has 1 atom stereocenters. The van der Waals surface area contributed by atoms with Crippen molar-refractivity contribution in [2.75, 3.05) is 0 Å². The first-order valence-electron chi connectivity index (χ1n) is 3.75. The standard InChI is InChI=1S/C8H15NO2/c1-7(9)5-3-2-4-6-8(10)11/h2,4,7H,3,5-6,9H2,1H3,(H,10,11). The van der Waals surface area contributed by atoms with Crippen LogP contribution in [0.5, 0.6) is 0 Å². The molecule has 3 N–H and O–H groups in total. The van der Waals surface area contributed by atoms with Crippen LogP contribution >= 0.6 is 0 Å². The lowest BCUT2D eigenvalue weighted by molar-refractivity contribution is -0.136. The predicted molar refractivity (Wildman–Crippen MR) is 44.3 cm³/mol. The van der Waals surface area contributed by atoms with E-state index in [1.165, 1.54) is 0 Å². The Bertz CT molecular complexity index is 141. The van der Waals surface area contributed by atoms with Crippen molar-refractivity contribution in [3.8, 4) is 0 Å². The minimum Gasteiger partial charge on any atom is -0.481 e. The Morgan fingerprint density at radius 2 is 2.27 bits per heavy atom. The van der Waals surface area contributed by atoms with E-state index in [-0.39, 0.29) is 12.5 Å². The Hall–Kier alpha value is -0.830. The molecular weight excluding hydrogens is 142 g/mol. The van der Waals surface area contributed by atoms with Gasteiger partial charge in [0.15, 0.2) is 0 Å². The van der Waals surface area contributed by atoms with Crippen LogP contribution in [0.15, 0.2) is 12.2 Å². The van der Waals surface area contributed by atoms with Crippen LogP contribution in [-0.4, -0.2) is 17.1 Å². The molecule has 0 heterocycles. The summed E-state index contributed by atoms with van der Waals surface area (Å²) in [7, 11) is 0. The molecule has 0 aliphatic heterocycles. The van der Waals surface area contributed by atoms with Crippen molar-refractivity contribution in [2.24, 2.45) is 5.73 Å². The molecule has 0 aliphatic carbocycles. The largest absolute Gasteiger partial charge is 0.481 e. The maximum absolute atomic E-state index is 10.0. The van der Waals surface area contributed by atoms with Gasteiger partial charge in [0.25, 0.3) is 0 Å². The summed E-state index contributed by atoms with van der Waals surface area (Å²) in [5, 5.41) is 8.25. The first kappa shape index (κ1) is 10.2. The second kappa shape index (κ2) is 5.92. The van der Waals surface area contributed by atoms with Gasteiger partial charge < -0.3 is 10.8 Å². The third-order valence-electron chi connectivity index (χ3n) is 1.25. The van der Waals surface area contributed by atoms with E-state index in [0.717, 1.165) is 12.8 Å². The minimum atomic E-state index is -0.790. The lowest BCUT2D eigenvalue weighted by atomic mass is 10.2. The highest BCUT2D eigenvalue weighted by Crippen LogP contribution is 1.95. The van der Waals surface area contributed by atoms with Crippen molar-refractivity contribution < 1.29 is 9.90 Å². The molecule has 0 rings (SSSR count). The normalized spacial score (nSPS) is 13.6. The van der Waals surface area contributed by atoms with Crippen LogP contribution < -0.4 is 5.73 Å². The highest BCUT2D eigenvalue weighted by Gasteiger charge is 1.91. The molecule has 3 nitrogen and oxygen atoms in total. The number of rotatable bonds is 5. The summed E-state index contributed by atoms with van der Waals surface area (Å²) in [4.78, 5) is 10.0. The molecule has 0 aromatic carbocycles. The van der Waals surface area contributed by atoms with E-state index in [1.54, 1.807) is 6.08 Å². The lowest BCUT2D eigenvalue weighted by Gasteiger charge is -1.98.